The number of nitrogens with one attached hydrogen (secondary N) is 2. The van der Waals surface area contributed by atoms with Gasteiger partial charge in [-0.05, 0) is 99.5 Å². The smallest absolute Gasteiger partial charge is 0.310 e. The van der Waals surface area contributed by atoms with E-state index in [2.05, 4.69) is 15.7 Å². The van der Waals surface area contributed by atoms with Gasteiger partial charge in [-0.15, -0.1) is 0 Å². The summed E-state index contributed by atoms with van der Waals surface area (Å²) in [7, 11) is 0. The largest absolute Gasteiger partial charge is 0.481 e. The number of fused-ring (bicyclic) bond motifs is 1. The van der Waals surface area contributed by atoms with Crippen molar-refractivity contribution in [3.05, 3.63) is 47.3 Å². The molecule has 8 heteroatoms. The van der Waals surface area contributed by atoms with Crippen molar-refractivity contribution in [3.63, 3.8) is 0 Å². The molecule has 2 amide bonds. The Morgan fingerprint density at radius 3 is 2.38 bits per heavy atom. The fourth-order valence-corrected chi connectivity index (χ4v) is 5.52. The summed E-state index contributed by atoms with van der Waals surface area (Å²) >= 11 is 0. The lowest BCUT2D eigenvalue weighted by molar-refractivity contribution is -0.138. The fourth-order valence-electron chi connectivity index (χ4n) is 5.52. The molecule has 2 fully saturated rings. The van der Waals surface area contributed by atoms with Crippen molar-refractivity contribution in [3.8, 4) is 0 Å². The van der Waals surface area contributed by atoms with Crippen LogP contribution < -0.4 is 10.6 Å². The van der Waals surface area contributed by atoms with E-state index in [1.807, 2.05) is 26.0 Å². The van der Waals surface area contributed by atoms with E-state index in [0.29, 0.717) is 36.1 Å². The molecule has 0 bridgehead atoms. The number of amides is 2. The topological polar surface area (TPSA) is 113 Å². The minimum absolute atomic E-state index is 0.0340. The summed E-state index contributed by atoms with van der Waals surface area (Å²) in [5.74, 6) is -0.714. The molecule has 2 saturated carbocycles. The molecule has 1 aromatic heterocycles. The number of anilines is 1. The number of aryl methyl sites for hydroxylation is 1. The molecule has 5 rings (SSSR count). The Morgan fingerprint density at radius 2 is 1.76 bits per heavy atom. The highest BCUT2D eigenvalue weighted by atomic mass is 16.4. The average Bonchev–Trinajstić information content (AvgIpc) is 3.72. The number of rotatable bonds is 9. The fraction of sp³-hybridized carbons (Fsp3) is 0.538. The molecule has 0 spiro atoms. The highest BCUT2D eigenvalue weighted by molar-refractivity contribution is 6.01. The summed E-state index contributed by atoms with van der Waals surface area (Å²) in [6.45, 7) is 3.93. The van der Waals surface area contributed by atoms with Crippen molar-refractivity contribution in [2.24, 2.45) is 17.8 Å². The highest BCUT2D eigenvalue weighted by Crippen LogP contribution is 2.51. The van der Waals surface area contributed by atoms with Gasteiger partial charge in [-0.25, -0.2) is 0 Å². The van der Waals surface area contributed by atoms with Gasteiger partial charge in [0.1, 0.15) is 11.7 Å². The molecule has 0 radical (unpaired) electrons. The lowest BCUT2D eigenvalue weighted by Crippen LogP contribution is -2.50. The molecule has 3 aliphatic carbocycles. The van der Waals surface area contributed by atoms with Crippen LogP contribution in [0.2, 0.25) is 0 Å². The van der Waals surface area contributed by atoms with Gasteiger partial charge >= 0.3 is 5.97 Å². The normalized spacial score (nSPS) is 20.3. The van der Waals surface area contributed by atoms with Crippen molar-refractivity contribution >= 4 is 23.5 Å². The van der Waals surface area contributed by atoms with Gasteiger partial charge in [0, 0.05) is 17.9 Å². The zero-order chi connectivity index (χ0) is 24.0. The molecule has 1 unspecified atom stereocenters. The Balaban J connectivity index is 1.37. The third-order valence-corrected chi connectivity index (χ3v) is 7.47. The van der Waals surface area contributed by atoms with Gasteiger partial charge in [-0.1, -0.05) is 6.07 Å². The first kappa shape index (κ1) is 22.6. The SMILES string of the molecule is CC(C)n1nccc1C(=O)N[C@H](C(=O)Nc1ccc2c(c1)CCC2C(=O)O)C(C1CC1)C1CC1. The minimum atomic E-state index is -0.810. The van der Waals surface area contributed by atoms with E-state index in [1.54, 1.807) is 23.0 Å². The van der Waals surface area contributed by atoms with E-state index in [-0.39, 0.29) is 23.8 Å². The second-order valence-electron chi connectivity index (χ2n) is 10.3. The van der Waals surface area contributed by atoms with Gasteiger partial charge in [0.25, 0.3) is 5.91 Å². The van der Waals surface area contributed by atoms with E-state index >= 15 is 0 Å². The zero-order valence-electron chi connectivity index (χ0n) is 19.7. The predicted octanol–water partition coefficient (Wildman–Crippen LogP) is 3.75. The maximum Gasteiger partial charge on any atom is 0.310 e. The first-order chi connectivity index (χ1) is 16.3. The first-order valence-corrected chi connectivity index (χ1v) is 12.3. The summed E-state index contributed by atoms with van der Waals surface area (Å²) in [5, 5.41) is 19.8. The first-order valence-electron chi connectivity index (χ1n) is 12.3. The van der Waals surface area contributed by atoms with Crippen LogP contribution in [0, 0.1) is 17.8 Å². The number of carbonyl (C=O) groups is 3. The van der Waals surface area contributed by atoms with Gasteiger partial charge in [0.05, 0.1) is 5.92 Å². The van der Waals surface area contributed by atoms with Gasteiger partial charge in [0.15, 0.2) is 0 Å². The Hall–Kier alpha value is -3.16. The molecular weight excluding hydrogens is 432 g/mol. The zero-order valence-corrected chi connectivity index (χ0v) is 19.7. The van der Waals surface area contributed by atoms with Crippen molar-refractivity contribution in [1.82, 2.24) is 15.1 Å². The molecule has 0 aliphatic heterocycles. The summed E-state index contributed by atoms with van der Waals surface area (Å²) in [6, 6.07) is 6.56. The van der Waals surface area contributed by atoms with E-state index in [4.69, 9.17) is 0 Å². The number of hydrogen-bond acceptors (Lipinski definition) is 4. The Bertz CT molecular complexity index is 1100. The van der Waals surface area contributed by atoms with Crippen molar-refractivity contribution in [1.29, 1.82) is 0 Å². The number of aliphatic carboxylic acids is 1. The van der Waals surface area contributed by atoms with Crippen molar-refractivity contribution in [2.45, 2.75) is 70.4 Å². The van der Waals surface area contributed by atoms with Gasteiger partial charge in [-0.3, -0.25) is 19.1 Å². The van der Waals surface area contributed by atoms with Crippen molar-refractivity contribution < 1.29 is 19.5 Å². The molecule has 8 nitrogen and oxygen atoms in total. The number of carboxylic acids is 1. The molecule has 1 heterocycles. The third kappa shape index (κ3) is 4.45. The average molecular weight is 465 g/mol. The van der Waals surface area contributed by atoms with Crippen LogP contribution in [0.15, 0.2) is 30.5 Å². The summed E-state index contributed by atoms with van der Waals surface area (Å²) in [5.41, 5.74) is 2.89. The predicted molar refractivity (Wildman–Crippen MR) is 127 cm³/mol. The lowest BCUT2D eigenvalue weighted by Gasteiger charge is -2.28. The summed E-state index contributed by atoms with van der Waals surface area (Å²) in [6.07, 6.45) is 7.26. The molecule has 0 saturated heterocycles. The van der Waals surface area contributed by atoms with Crippen LogP contribution in [0.5, 0.6) is 0 Å². The Kier molecular flexibility index (Phi) is 5.91. The van der Waals surface area contributed by atoms with E-state index in [0.717, 1.165) is 36.8 Å². The van der Waals surface area contributed by atoms with E-state index in [1.165, 1.54) is 0 Å². The lowest BCUT2D eigenvalue weighted by atomic mass is 9.88. The second-order valence-corrected chi connectivity index (χ2v) is 10.3. The molecular formula is C26H32N4O4. The third-order valence-electron chi connectivity index (χ3n) is 7.47. The minimum Gasteiger partial charge on any atom is -0.481 e. The van der Waals surface area contributed by atoms with Crippen LogP contribution >= 0.6 is 0 Å². The van der Waals surface area contributed by atoms with Gasteiger partial charge < -0.3 is 15.7 Å². The highest BCUT2D eigenvalue weighted by Gasteiger charge is 2.48. The number of aromatic nitrogens is 2. The van der Waals surface area contributed by atoms with Crippen LogP contribution in [0.4, 0.5) is 5.69 Å². The van der Waals surface area contributed by atoms with Gasteiger partial charge in [0.2, 0.25) is 5.91 Å². The molecule has 180 valence electrons. The van der Waals surface area contributed by atoms with Crippen LogP contribution in [-0.2, 0) is 16.0 Å². The summed E-state index contributed by atoms with van der Waals surface area (Å²) < 4.78 is 1.67. The Labute approximate surface area is 199 Å². The number of carboxylic acid groups (broad SMARTS) is 1. The summed E-state index contributed by atoms with van der Waals surface area (Å²) in [4.78, 5) is 38.3. The van der Waals surface area contributed by atoms with E-state index in [9.17, 15) is 19.5 Å². The maximum atomic E-state index is 13.6. The molecule has 3 N–H and O–H groups in total. The maximum absolute atomic E-state index is 13.6. The molecule has 2 aromatic rings. The number of nitrogens with zero attached hydrogens (tertiary/aromatic N) is 2. The number of hydrogen-bond donors (Lipinski definition) is 3. The molecule has 1 aromatic carbocycles. The standard InChI is InChI=1S/C26H32N4O4/c1-14(2)30-21(11-12-27-30)24(31)29-23(22(15-3-4-15)16-5-6-16)25(32)28-18-8-10-19-17(13-18)7-9-20(19)26(33)34/h8,10-16,20,22-23H,3-7,9H2,1-2H3,(H,28,32)(H,29,31)(H,33,34)/t20?,23-/m0/s1. The molecule has 3 aliphatic rings. The molecule has 34 heavy (non-hydrogen) atoms. The van der Waals surface area contributed by atoms with Gasteiger partial charge in [-0.2, -0.15) is 5.10 Å². The van der Waals surface area contributed by atoms with Crippen LogP contribution in [-0.4, -0.2) is 38.7 Å². The monoisotopic (exact) mass is 464 g/mol. The van der Waals surface area contributed by atoms with Crippen LogP contribution in [0.1, 0.15) is 79.5 Å². The van der Waals surface area contributed by atoms with Crippen LogP contribution in [0.25, 0.3) is 0 Å². The number of carbonyl (C=O) groups excluding carboxylic acids is 2. The number of benzene rings is 1. The second kappa shape index (κ2) is 8.89. The van der Waals surface area contributed by atoms with Crippen LogP contribution in [0.3, 0.4) is 0 Å². The van der Waals surface area contributed by atoms with Crippen molar-refractivity contribution in [2.75, 3.05) is 5.32 Å². The van der Waals surface area contributed by atoms with E-state index < -0.39 is 17.9 Å². The Morgan fingerprint density at radius 1 is 1.06 bits per heavy atom. The molecule has 2 atom stereocenters. The quantitative estimate of drug-likeness (QED) is 0.523.